The molecule has 1 aromatic carbocycles. The highest BCUT2D eigenvalue weighted by Crippen LogP contribution is 2.45. The molecule has 2 amide bonds. The van der Waals surface area contributed by atoms with E-state index in [1.807, 2.05) is 18.2 Å². The lowest BCUT2D eigenvalue weighted by atomic mass is 10.1. The third-order valence-electron chi connectivity index (χ3n) is 5.45. The number of fused-ring (bicyclic) bond motifs is 1. The van der Waals surface area contributed by atoms with Crippen molar-refractivity contribution in [2.24, 2.45) is 0 Å². The van der Waals surface area contributed by atoms with Gasteiger partial charge in [-0.25, -0.2) is 0 Å². The molecule has 2 saturated heterocycles. The SMILES string of the molecule is CCCCCN1C(=O)/C(=C2\SC(=S)N(CC3CCCO3)C2=O)c2cc(Br)ccc21. The summed E-state index contributed by atoms with van der Waals surface area (Å²) in [4.78, 5) is 30.4. The fraction of sp³-hybridized carbons (Fsp3) is 0.476. The molecule has 3 aliphatic heterocycles. The fourth-order valence-corrected chi connectivity index (χ4v) is 5.67. The number of benzene rings is 1. The molecule has 0 aliphatic carbocycles. The van der Waals surface area contributed by atoms with Crippen LogP contribution in [-0.4, -0.2) is 46.8 Å². The number of carbonyl (C=O) groups excluding carboxylic acids is 2. The van der Waals surface area contributed by atoms with E-state index in [0.29, 0.717) is 27.9 Å². The zero-order chi connectivity index (χ0) is 20.5. The van der Waals surface area contributed by atoms with Gasteiger partial charge in [-0.05, 0) is 37.5 Å². The molecule has 0 saturated carbocycles. The molecule has 0 spiro atoms. The predicted molar refractivity (Wildman–Crippen MR) is 124 cm³/mol. The number of carbonyl (C=O) groups is 2. The van der Waals surface area contributed by atoms with E-state index in [4.69, 9.17) is 17.0 Å². The molecule has 3 heterocycles. The number of unbranched alkanes of at least 4 members (excludes halogenated alkanes) is 2. The van der Waals surface area contributed by atoms with E-state index in [2.05, 4.69) is 22.9 Å². The Morgan fingerprint density at radius 3 is 2.79 bits per heavy atom. The number of rotatable bonds is 6. The van der Waals surface area contributed by atoms with E-state index in [1.165, 1.54) is 11.8 Å². The van der Waals surface area contributed by atoms with E-state index in [1.54, 1.807) is 9.80 Å². The standard InChI is InChI=1S/C21H23BrN2O3S2/c1-2-3-4-9-23-16-8-7-13(22)11-15(16)17(19(23)25)18-20(26)24(21(28)29-18)12-14-6-5-10-27-14/h7-8,11,14H,2-6,9-10,12H2,1H3/b18-17-. The number of amides is 2. The molecule has 1 atom stereocenters. The highest BCUT2D eigenvalue weighted by atomic mass is 79.9. The summed E-state index contributed by atoms with van der Waals surface area (Å²) < 4.78 is 7.06. The summed E-state index contributed by atoms with van der Waals surface area (Å²) in [5.41, 5.74) is 2.15. The average Bonchev–Trinajstić information content (AvgIpc) is 3.37. The monoisotopic (exact) mass is 494 g/mol. The van der Waals surface area contributed by atoms with Crippen LogP contribution in [0, 0.1) is 0 Å². The van der Waals surface area contributed by atoms with Crippen LogP contribution < -0.4 is 4.90 Å². The van der Waals surface area contributed by atoms with Crippen LogP contribution in [0.25, 0.3) is 5.57 Å². The number of ether oxygens (including phenoxy) is 1. The maximum atomic E-state index is 13.4. The van der Waals surface area contributed by atoms with Crippen molar-refractivity contribution in [1.29, 1.82) is 0 Å². The molecular weight excluding hydrogens is 472 g/mol. The van der Waals surface area contributed by atoms with Gasteiger partial charge in [0.05, 0.1) is 28.8 Å². The normalized spacial score (nSPS) is 24.2. The number of hydrogen-bond acceptors (Lipinski definition) is 5. The van der Waals surface area contributed by atoms with E-state index in [0.717, 1.165) is 54.4 Å². The average molecular weight is 495 g/mol. The topological polar surface area (TPSA) is 49.9 Å². The molecular formula is C21H23BrN2O3S2. The summed E-state index contributed by atoms with van der Waals surface area (Å²) in [6, 6.07) is 5.81. The Bertz CT molecular complexity index is 896. The third kappa shape index (κ3) is 4.04. The van der Waals surface area contributed by atoms with Crippen molar-refractivity contribution in [2.45, 2.75) is 45.1 Å². The molecule has 1 unspecified atom stereocenters. The predicted octanol–water partition coefficient (Wildman–Crippen LogP) is 4.74. The van der Waals surface area contributed by atoms with Gasteiger partial charge in [0.1, 0.15) is 4.32 Å². The lowest BCUT2D eigenvalue weighted by Gasteiger charge is -2.18. The van der Waals surface area contributed by atoms with E-state index in [-0.39, 0.29) is 17.9 Å². The highest BCUT2D eigenvalue weighted by molar-refractivity contribution is 9.10. The summed E-state index contributed by atoms with van der Waals surface area (Å²) in [6.07, 6.45) is 5.05. The number of thiocarbonyl (C=S) groups is 1. The second-order valence-electron chi connectivity index (χ2n) is 7.45. The van der Waals surface area contributed by atoms with Gasteiger partial charge in [-0.1, -0.05) is 59.7 Å². The van der Waals surface area contributed by atoms with Crippen molar-refractivity contribution in [3.63, 3.8) is 0 Å². The van der Waals surface area contributed by atoms with Crippen LogP contribution >= 0.6 is 39.9 Å². The van der Waals surface area contributed by atoms with Crippen molar-refractivity contribution in [2.75, 3.05) is 24.6 Å². The van der Waals surface area contributed by atoms with Crippen molar-refractivity contribution in [3.8, 4) is 0 Å². The van der Waals surface area contributed by atoms with Crippen LogP contribution in [0.1, 0.15) is 44.6 Å². The molecule has 0 bridgehead atoms. The summed E-state index contributed by atoms with van der Waals surface area (Å²) in [5, 5.41) is 0. The Labute approximate surface area is 189 Å². The van der Waals surface area contributed by atoms with Crippen molar-refractivity contribution in [3.05, 3.63) is 33.1 Å². The van der Waals surface area contributed by atoms with Gasteiger partial charge in [-0.2, -0.15) is 0 Å². The minimum absolute atomic E-state index is 0.0214. The van der Waals surface area contributed by atoms with Crippen molar-refractivity contribution >= 4 is 67.3 Å². The smallest absolute Gasteiger partial charge is 0.267 e. The van der Waals surface area contributed by atoms with Gasteiger partial charge in [0, 0.05) is 23.2 Å². The van der Waals surface area contributed by atoms with Gasteiger partial charge < -0.3 is 9.64 Å². The van der Waals surface area contributed by atoms with Crippen molar-refractivity contribution in [1.82, 2.24) is 4.90 Å². The molecule has 154 valence electrons. The van der Waals surface area contributed by atoms with Crippen LogP contribution in [0.3, 0.4) is 0 Å². The summed E-state index contributed by atoms with van der Waals surface area (Å²) in [6.45, 7) is 3.98. The fourth-order valence-electron chi connectivity index (χ4n) is 3.96. The quantitative estimate of drug-likeness (QED) is 0.324. The number of halogens is 1. The zero-order valence-corrected chi connectivity index (χ0v) is 19.5. The minimum Gasteiger partial charge on any atom is -0.376 e. The molecule has 0 N–H and O–H groups in total. The molecule has 5 nitrogen and oxygen atoms in total. The molecule has 3 aliphatic rings. The second kappa shape index (κ2) is 8.88. The summed E-state index contributed by atoms with van der Waals surface area (Å²) >= 11 is 10.2. The summed E-state index contributed by atoms with van der Waals surface area (Å²) in [7, 11) is 0. The first-order valence-electron chi connectivity index (χ1n) is 10.0. The van der Waals surface area contributed by atoms with E-state index >= 15 is 0 Å². The molecule has 29 heavy (non-hydrogen) atoms. The second-order valence-corrected chi connectivity index (χ2v) is 10.0. The van der Waals surface area contributed by atoms with Crippen LogP contribution in [0.5, 0.6) is 0 Å². The van der Waals surface area contributed by atoms with Crippen LogP contribution in [0.4, 0.5) is 5.69 Å². The lowest BCUT2D eigenvalue weighted by molar-refractivity contribution is -0.123. The number of anilines is 1. The Morgan fingerprint density at radius 2 is 2.07 bits per heavy atom. The Kier molecular flexibility index (Phi) is 6.44. The third-order valence-corrected chi connectivity index (χ3v) is 7.39. The van der Waals surface area contributed by atoms with E-state index < -0.39 is 0 Å². The molecule has 0 aromatic heterocycles. The van der Waals surface area contributed by atoms with Gasteiger partial charge in [0.25, 0.3) is 11.8 Å². The van der Waals surface area contributed by atoms with Gasteiger partial charge in [-0.3, -0.25) is 14.5 Å². The molecule has 0 radical (unpaired) electrons. The number of hydrogen-bond donors (Lipinski definition) is 0. The lowest BCUT2D eigenvalue weighted by Crippen LogP contribution is -2.35. The molecule has 1 aromatic rings. The van der Waals surface area contributed by atoms with Crippen LogP contribution in [0.15, 0.2) is 27.6 Å². The Balaban J connectivity index is 1.68. The maximum Gasteiger partial charge on any atom is 0.267 e. The first-order chi connectivity index (χ1) is 14.0. The van der Waals surface area contributed by atoms with Gasteiger partial charge in [0.15, 0.2) is 0 Å². The van der Waals surface area contributed by atoms with Crippen LogP contribution in [0.2, 0.25) is 0 Å². The minimum atomic E-state index is -0.180. The summed E-state index contributed by atoms with van der Waals surface area (Å²) in [5.74, 6) is -0.285. The number of thioether (sulfide) groups is 1. The van der Waals surface area contributed by atoms with Crippen LogP contribution in [-0.2, 0) is 14.3 Å². The molecule has 4 rings (SSSR count). The molecule has 2 fully saturated rings. The maximum absolute atomic E-state index is 13.4. The first-order valence-corrected chi connectivity index (χ1v) is 12.0. The van der Waals surface area contributed by atoms with E-state index in [9.17, 15) is 9.59 Å². The molecule has 8 heteroatoms. The zero-order valence-electron chi connectivity index (χ0n) is 16.3. The number of nitrogens with zero attached hydrogens (tertiary/aromatic N) is 2. The van der Waals surface area contributed by atoms with Gasteiger partial charge in [-0.15, -0.1) is 0 Å². The Hall–Kier alpha value is -1.22. The Morgan fingerprint density at radius 1 is 1.24 bits per heavy atom. The van der Waals surface area contributed by atoms with Gasteiger partial charge >= 0.3 is 0 Å². The van der Waals surface area contributed by atoms with Crippen molar-refractivity contribution < 1.29 is 14.3 Å². The largest absolute Gasteiger partial charge is 0.376 e. The highest BCUT2D eigenvalue weighted by Gasteiger charge is 2.42. The first kappa shape index (κ1) is 21.0. The van der Waals surface area contributed by atoms with Gasteiger partial charge in [0.2, 0.25) is 0 Å².